The number of H-pyrrole nitrogens is 1. The molecule has 1 aromatic carbocycles. The van der Waals surface area contributed by atoms with Crippen molar-refractivity contribution in [3.05, 3.63) is 42.2 Å². The van der Waals surface area contributed by atoms with E-state index in [2.05, 4.69) is 39.1 Å². The smallest absolute Gasteiger partial charge is 0.156 e. The molecule has 2 aliphatic heterocycles. The van der Waals surface area contributed by atoms with Crippen LogP contribution in [0.15, 0.2) is 36.7 Å². The number of aldehydes is 1. The second-order valence-corrected chi connectivity index (χ2v) is 8.74. The molecule has 5 nitrogen and oxygen atoms in total. The van der Waals surface area contributed by atoms with Gasteiger partial charge in [-0.3, -0.25) is 0 Å². The molecule has 0 atom stereocenters. The summed E-state index contributed by atoms with van der Waals surface area (Å²) >= 11 is 0. The molecule has 0 radical (unpaired) electrons. The largest absolute Gasteiger partial charge is 0.368 e. The van der Waals surface area contributed by atoms with Gasteiger partial charge in [0.1, 0.15) is 11.8 Å². The topological polar surface area (TPSA) is 61.9 Å². The number of nitrogens with zero attached hydrogens (tertiary/aromatic N) is 3. The van der Waals surface area contributed by atoms with Gasteiger partial charge in [0.2, 0.25) is 0 Å². The lowest BCUT2D eigenvalue weighted by molar-refractivity contribution is -0.114. The molecule has 2 bridgehead atoms. The Kier molecular flexibility index (Phi) is 3.61. The van der Waals surface area contributed by atoms with E-state index in [1.807, 2.05) is 26.2 Å². The van der Waals surface area contributed by atoms with Crippen LogP contribution < -0.4 is 4.90 Å². The van der Waals surface area contributed by atoms with Crippen molar-refractivity contribution < 1.29 is 4.79 Å². The lowest BCUT2D eigenvalue weighted by Gasteiger charge is -2.27. The fourth-order valence-corrected chi connectivity index (χ4v) is 4.44. The van der Waals surface area contributed by atoms with Crippen molar-refractivity contribution in [2.24, 2.45) is 11.3 Å². The number of hydrogen-bond donors (Lipinski definition) is 1. The minimum absolute atomic E-state index is 0.413. The van der Waals surface area contributed by atoms with Gasteiger partial charge in [-0.15, -0.1) is 0 Å². The van der Waals surface area contributed by atoms with E-state index in [1.54, 1.807) is 0 Å². The first kappa shape index (κ1) is 16.5. The van der Waals surface area contributed by atoms with Gasteiger partial charge in [-0.1, -0.05) is 26.0 Å². The highest BCUT2D eigenvalue weighted by Gasteiger charge is 2.42. The fraction of sp³-hybridized carbons (Fsp3) is 0.409. The number of fused-ring (bicyclic) bond motifs is 2. The average molecular weight is 360 g/mol. The Bertz CT molecular complexity index is 1020. The number of nitrogens with one attached hydrogen (secondary N) is 1. The van der Waals surface area contributed by atoms with Crippen LogP contribution in [-0.4, -0.2) is 33.8 Å². The molecule has 1 aliphatic carbocycles. The minimum Gasteiger partial charge on any atom is -0.368 e. The van der Waals surface area contributed by atoms with E-state index >= 15 is 0 Å². The number of anilines is 1. The molecule has 0 unspecified atom stereocenters. The van der Waals surface area contributed by atoms with E-state index in [0.717, 1.165) is 46.2 Å². The third kappa shape index (κ3) is 2.82. The number of aromatic amines is 1. The molecule has 1 N–H and O–H groups in total. The third-order valence-corrected chi connectivity index (χ3v) is 6.00. The van der Waals surface area contributed by atoms with E-state index in [9.17, 15) is 4.79 Å². The highest BCUT2D eigenvalue weighted by Crippen LogP contribution is 2.43. The highest BCUT2D eigenvalue weighted by atomic mass is 16.1. The Morgan fingerprint density at radius 2 is 2.19 bits per heavy atom. The molecule has 6 rings (SSSR count). The number of rotatable bonds is 5. The summed E-state index contributed by atoms with van der Waals surface area (Å²) in [4.78, 5) is 26.5. The van der Waals surface area contributed by atoms with Gasteiger partial charge in [0.25, 0.3) is 0 Å². The summed E-state index contributed by atoms with van der Waals surface area (Å²) in [6.07, 6.45) is 8.09. The van der Waals surface area contributed by atoms with Crippen molar-refractivity contribution in [2.45, 2.75) is 39.2 Å². The zero-order chi connectivity index (χ0) is 18.6. The molecule has 3 aromatic rings. The summed E-state index contributed by atoms with van der Waals surface area (Å²) < 4.78 is 0. The monoisotopic (exact) mass is 360 g/mol. The summed E-state index contributed by atoms with van der Waals surface area (Å²) in [6, 6.07) is 9.37. The van der Waals surface area contributed by atoms with Crippen molar-refractivity contribution in [1.29, 1.82) is 0 Å². The molecular weight excluding hydrogens is 336 g/mol. The molecule has 2 aromatic heterocycles. The van der Waals surface area contributed by atoms with Crippen LogP contribution in [-0.2, 0) is 11.2 Å². The van der Waals surface area contributed by atoms with E-state index in [1.165, 1.54) is 25.1 Å². The van der Waals surface area contributed by atoms with Crippen molar-refractivity contribution in [1.82, 2.24) is 15.0 Å². The van der Waals surface area contributed by atoms with Gasteiger partial charge < -0.3 is 14.7 Å². The van der Waals surface area contributed by atoms with Crippen LogP contribution in [0.5, 0.6) is 0 Å². The summed E-state index contributed by atoms with van der Waals surface area (Å²) in [6.45, 7) is 5.07. The molecule has 138 valence electrons. The Balaban J connectivity index is 1.51. The maximum absolute atomic E-state index is 11.3. The number of carbonyl (C=O) groups is 1. The fourth-order valence-electron chi connectivity index (χ4n) is 4.44. The Morgan fingerprint density at radius 3 is 2.93 bits per heavy atom. The van der Waals surface area contributed by atoms with Gasteiger partial charge in [-0.2, -0.15) is 0 Å². The summed E-state index contributed by atoms with van der Waals surface area (Å²) in [5.74, 6) is 0.887. The maximum Gasteiger partial charge on any atom is 0.156 e. The van der Waals surface area contributed by atoms with Crippen LogP contribution in [0.2, 0.25) is 0 Å². The van der Waals surface area contributed by atoms with Crippen LogP contribution >= 0.6 is 0 Å². The van der Waals surface area contributed by atoms with Crippen molar-refractivity contribution >= 4 is 23.1 Å². The zero-order valence-electron chi connectivity index (χ0n) is 15.8. The predicted molar refractivity (Wildman–Crippen MR) is 107 cm³/mol. The van der Waals surface area contributed by atoms with Crippen molar-refractivity contribution in [3.8, 4) is 11.3 Å². The van der Waals surface area contributed by atoms with Gasteiger partial charge in [0.05, 0.1) is 11.9 Å². The lowest BCUT2D eigenvalue weighted by atomic mass is 9.86. The Morgan fingerprint density at radius 1 is 1.33 bits per heavy atom. The van der Waals surface area contributed by atoms with E-state index in [-0.39, 0.29) is 0 Å². The Labute approximate surface area is 158 Å². The van der Waals surface area contributed by atoms with Crippen LogP contribution in [0.3, 0.4) is 0 Å². The SMILES string of the molecule is CC(C)(C=O)Cc1c[nH]c2ncc(-c3cccc(N4CC5CC4C5)c3)nc12. The quantitative estimate of drug-likeness (QED) is 0.699. The molecule has 1 saturated carbocycles. The molecule has 4 heterocycles. The second kappa shape index (κ2) is 5.91. The van der Waals surface area contributed by atoms with Crippen molar-refractivity contribution in [2.75, 3.05) is 11.4 Å². The van der Waals surface area contributed by atoms with Gasteiger partial charge in [0.15, 0.2) is 5.65 Å². The normalized spacial score (nSPS) is 21.5. The first-order valence-corrected chi connectivity index (χ1v) is 9.69. The van der Waals surface area contributed by atoms with E-state index in [0.29, 0.717) is 6.42 Å². The summed E-state index contributed by atoms with van der Waals surface area (Å²) in [7, 11) is 0. The van der Waals surface area contributed by atoms with Crippen LogP contribution in [0.25, 0.3) is 22.4 Å². The standard InChI is InChI=1S/C22H24N4O/c1-22(2,13-27)9-16-10-23-21-20(16)25-19(11-24-21)15-4-3-5-17(8-15)26-12-14-6-18(26)7-14/h3-5,8,10-11,13-14,18H,6-7,9,12H2,1-2H3,(H,23,24). The maximum atomic E-state index is 11.3. The molecule has 0 amide bonds. The average Bonchev–Trinajstić information content (AvgIpc) is 3.35. The molecule has 2 saturated heterocycles. The van der Waals surface area contributed by atoms with Crippen LogP contribution in [0, 0.1) is 11.3 Å². The second-order valence-electron chi connectivity index (χ2n) is 8.74. The van der Waals surface area contributed by atoms with Gasteiger partial charge >= 0.3 is 0 Å². The number of aromatic nitrogens is 3. The summed E-state index contributed by atoms with van der Waals surface area (Å²) in [5.41, 5.74) is 5.50. The molecule has 5 heteroatoms. The minimum atomic E-state index is -0.413. The van der Waals surface area contributed by atoms with E-state index < -0.39 is 5.41 Å². The zero-order valence-corrected chi connectivity index (χ0v) is 15.8. The number of benzene rings is 1. The van der Waals surface area contributed by atoms with Crippen LogP contribution in [0.4, 0.5) is 5.69 Å². The number of carbonyl (C=O) groups excluding carboxylic acids is 1. The first-order valence-electron chi connectivity index (χ1n) is 9.69. The van der Waals surface area contributed by atoms with Gasteiger partial charge in [-0.05, 0) is 42.9 Å². The first-order chi connectivity index (χ1) is 13.0. The highest BCUT2D eigenvalue weighted by molar-refractivity contribution is 5.79. The predicted octanol–water partition coefficient (Wildman–Crippen LogP) is 3.99. The molecule has 0 spiro atoms. The number of hydrogen-bond acceptors (Lipinski definition) is 4. The van der Waals surface area contributed by atoms with Gasteiger partial charge in [-0.25, -0.2) is 9.97 Å². The molecule has 3 aliphatic rings. The lowest BCUT2D eigenvalue weighted by Crippen LogP contribution is -2.28. The molecular formula is C22H24N4O. The van der Waals surface area contributed by atoms with Gasteiger partial charge in [0, 0.05) is 35.4 Å². The van der Waals surface area contributed by atoms with E-state index in [4.69, 9.17) is 4.98 Å². The Hall–Kier alpha value is -2.69. The molecule has 3 fully saturated rings. The van der Waals surface area contributed by atoms with Crippen LogP contribution in [0.1, 0.15) is 32.3 Å². The summed E-state index contributed by atoms with van der Waals surface area (Å²) in [5, 5.41) is 0. The third-order valence-electron chi connectivity index (χ3n) is 6.00. The molecule has 27 heavy (non-hydrogen) atoms. The van der Waals surface area contributed by atoms with Crippen molar-refractivity contribution in [3.63, 3.8) is 0 Å².